The maximum absolute atomic E-state index is 12.8. The van der Waals surface area contributed by atoms with Crippen molar-refractivity contribution in [3.05, 3.63) is 46.1 Å². The third kappa shape index (κ3) is 2.90. The van der Waals surface area contributed by atoms with Crippen LogP contribution in [0.3, 0.4) is 0 Å². The zero-order valence-electron chi connectivity index (χ0n) is 14.7. The SMILES string of the molecule is CCOC(=O)[C@@H]1[C@@H](c2ccccc2Cl)[C@H]2C(=O)N[C@@]1(C)NC2=C(C#N)C#N. The van der Waals surface area contributed by atoms with E-state index in [2.05, 4.69) is 10.6 Å². The lowest BCUT2D eigenvalue weighted by atomic mass is 9.63. The van der Waals surface area contributed by atoms with Crippen molar-refractivity contribution in [2.24, 2.45) is 11.8 Å². The fourth-order valence-corrected chi connectivity index (χ4v) is 4.25. The number of esters is 1. The molecule has 3 saturated heterocycles. The third-order valence-electron chi connectivity index (χ3n) is 5.01. The lowest BCUT2D eigenvalue weighted by Gasteiger charge is -2.55. The Labute approximate surface area is 161 Å². The highest BCUT2D eigenvalue weighted by atomic mass is 35.5. The molecule has 1 aromatic rings. The highest BCUT2D eigenvalue weighted by Crippen LogP contribution is 2.50. The van der Waals surface area contributed by atoms with Crippen LogP contribution in [-0.4, -0.2) is 24.1 Å². The van der Waals surface area contributed by atoms with Gasteiger partial charge in [0.05, 0.1) is 18.2 Å². The zero-order valence-corrected chi connectivity index (χ0v) is 15.5. The molecule has 1 amide bonds. The molecule has 0 saturated carbocycles. The van der Waals surface area contributed by atoms with Crippen molar-refractivity contribution in [1.29, 1.82) is 10.5 Å². The Kier molecular flexibility index (Phi) is 4.82. The summed E-state index contributed by atoms with van der Waals surface area (Å²) in [6.07, 6.45) is 0. The smallest absolute Gasteiger partial charge is 0.313 e. The Morgan fingerprint density at radius 1 is 1.30 bits per heavy atom. The Bertz CT molecular complexity index is 914. The van der Waals surface area contributed by atoms with E-state index in [0.29, 0.717) is 10.6 Å². The van der Waals surface area contributed by atoms with Gasteiger partial charge in [-0.25, -0.2) is 0 Å². The molecular formula is C19H17ClN4O3. The normalized spacial score (nSPS) is 28.4. The Morgan fingerprint density at radius 2 is 1.96 bits per heavy atom. The fraction of sp³-hybridized carbons (Fsp3) is 0.368. The van der Waals surface area contributed by atoms with Gasteiger partial charge in [-0.3, -0.25) is 9.59 Å². The minimum absolute atomic E-state index is 0.184. The average Bonchev–Trinajstić information content (AvgIpc) is 2.62. The van der Waals surface area contributed by atoms with E-state index in [0.717, 1.165) is 0 Å². The van der Waals surface area contributed by atoms with Gasteiger partial charge in [0, 0.05) is 10.9 Å². The minimum Gasteiger partial charge on any atom is -0.466 e. The van der Waals surface area contributed by atoms with Crippen LogP contribution in [-0.2, 0) is 14.3 Å². The molecule has 0 aliphatic carbocycles. The van der Waals surface area contributed by atoms with Crippen molar-refractivity contribution in [3.8, 4) is 12.1 Å². The molecule has 3 aliphatic heterocycles. The summed E-state index contributed by atoms with van der Waals surface area (Å²) in [5, 5.41) is 24.9. The average molecular weight is 385 g/mol. The first-order valence-corrected chi connectivity index (χ1v) is 8.81. The van der Waals surface area contributed by atoms with Crippen LogP contribution >= 0.6 is 11.6 Å². The van der Waals surface area contributed by atoms with Gasteiger partial charge in [0.15, 0.2) is 0 Å². The number of fused-ring (bicyclic) bond motifs is 3. The molecule has 2 bridgehead atoms. The summed E-state index contributed by atoms with van der Waals surface area (Å²) in [4.78, 5) is 25.6. The van der Waals surface area contributed by atoms with Crippen molar-refractivity contribution in [1.82, 2.24) is 10.6 Å². The van der Waals surface area contributed by atoms with Crippen molar-refractivity contribution >= 4 is 23.5 Å². The number of piperidine rings is 2. The number of carbonyl (C=O) groups is 2. The molecule has 0 spiro atoms. The molecule has 3 aliphatic rings. The molecule has 7 nitrogen and oxygen atoms in total. The minimum atomic E-state index is -1.23. The van der Waals surface area contributed by atoms with Gasteiger partial charge in [-0.2, -0.15) is 10.5 Å². The predicted octanol–water partition coefficient (Wildman–Crippen LogP) is 1.97. The number of halogens is 1. The molecule has 4 atom stereocenters. The van der Waals surface area contributed by atoms with Gasteiger partial charge in [0.1, 0.15) is 29.3 Å². The monoisotopic (exact) mass is 384 g/mol. The van der Waals surface area contributed by atoms with Crippen LogP contribution in [0.2, 0.25) is 5.02 Å². The second-order valence-corrected chi connectivity index (χ2v) is 6.99. The second-order valence-electron chi connectivity index (χ2n) is 6.58. The molecule has 138 valence electrons. The van der Waals surface area contributed by atoms with E-state index in [1.807, 2.05) is 12.1 Å². The maximum atomic E-state index is 12.8. The quantitative estimate of drug-likeness (QED) is 0.608. The number of allylic oxidation sites excluding steroid dienone is 1. The fourth-order valence-electron chi connectivity index (χ4n) is 3.99. The van der Waals surface area contributed by atoms with Crippen LogP contribution in [0.15, 0.2) is 35.5 Å². The summed E-state index contributed by atoms with van der Waals surface area (Å²) >= 11 is 6.38. The number of carbonyl (C=O) groups excluding carboxylic acids is 2. The molecule has 0 aromatic heterocycles. The van der Waals surface area contributed by atoms with Gasteiger partial charge < -0.3 is 15.4 Å². The van der Waals surface area contributed by atoms with Gasteiger partial charge in [-0.05, 0) is 25.5 Å². The van der Waals surface area contributed by atoms with E-state index in [1.54, 1.807) is 38.1 Å². The molecule has 1 aromatic carbocycles. The van der Waals surface area contributed by atoms with Crippen molar-refractivity contribution < 1.29 is 14.3 Å². The summed E-state index contributed by atoms with van der Waals surface area (Å²) in [6, 6.07) is 10.6. The summed E-state index contributed by atoms with van der Waals surface area (Å²) < 4.78 is 5.26. The first-order chi connectivity index (χ1) is 12.9. The van der Waals surface area contributed by atoms with Crippen LogP contribution in [0, 0.1) is 34.5 Å². The highest BCUT2D eigenvalue weighted by molar-refractivity contribution is 6.31. The van der Waals surface area contributed by atoms with Crippen LogP contribution in [0.1, 0.15) is 25.3 Å². The first kappa shape index (κ1) is 18.8. The number of nitriles is 2. The van der Waals surface area contributed by atoms with Crippen molar-refractivity contribution in [2.75, 3.05) is 6.61 Å². The lowest BCUT2D eigenvalue weighted by molar-refractivity contribution is -0.160. The Morgan fingerprint density at radius 3 is 2.56 bits per heavy atom. The van der Waals surface area contributed by atoms with Gasteiger partial charge in [-0.1, -0.05) is 29.8 Å². The largest absolute Gasteiger partial charge is 0.466 e. The van der Waals surface area contributed by atoms with Gasteiger partial charge in [0.25, 0.3) is 0 Å². The molecule has 2 N–H and O–H groups in total. The highest BCUT2D eigenvalue weighted by Gasteiger charge is 2.61. The number of benzene rings is 1. The number of hydrogen-bond donors (Lipinski definition) is 2. The molecular weight excluding hydrogens is 368 g/mol. The third-order valence-corrected chi connectivity index (χ3v) is 5.35. The predicted molar refractivity (Wildman–Crippen MR) is 95.7 cm³/mol. The molecule has 27 heavy (non-hydrogen) atoms. The molecule has 3 heterocycles. The standard InChI is InChI=1S/C19H17ClN4O3/c1-3-27-18(26)15-13(11-6-4-5-7-12(11)20)14-16(10(8-21)9-22)23-19(15,2)24-17(14)25/h4-7,13-15,23H,3H2,1-2H3,(H,24,25)/t13-,14+,15-,19+/m0/s1. The summed E-state index contributed by atoms with van der Waals surface area (Å²) in [6.45, 7) is 3.52. The van der Waals surface area contributed by atoms with Crippen LogP contribution in [0.5, 0.6) is 0 Å². The Hall–Kier alpha value is -3.03. The van der Waals surface area contributed by atoms with E-state index < -0.39 is 29.4 Å². The molecule has 0 unspecified atom stereocenters. The van der Waals surface area contributed by atoms with E-state index >= 15 is 0 Å². The van der Waals surface area contributed by atoms with Gasteiger partial charge >= 0.3 is 5.97 Å². The van der Waals surface area contributed by atoms with E-state index in [4.69, 9.17) is 16.3 Å². The second kappa shape index (κ2) is 6.94. The first-order valence-electron chi connectivity index (χ1n) is 8.43. The van der Waals surface area contributed by atoms with E-state index in [9.17, 15) is 20.1 Å². The number of ether oxygens (including phenoxy) is 1. The molecule has 8 heteroatoms. The van der Waals surface area contributed by atoms with E-state index in [1.165, 1.54) is 0 Å². The van der Waals surface area contributed by atoms with Crippen LogP contribution in [0.25, 0.3) is 0 Å². The number of amides is 1. The van der Waals surface area contributed by atoms with Crippen LogP contribution in [0.4, 0.5) is 0 Å². The number of nitrogens with zero attached hydrogens (tertiary/aromatic N) is 2. The lowest BCUT2D eigenvalue weighted by Crippen LogP contribution is -2.75. The molecule has 0 radical (unpaired) electrons. The van der Waals surface area contributed by atoms with Gasteiger partial charge in [0.2, 0.25) is 5.91 Å². The van der Waals surface area contributed by atoms with Crippen LogP contribution < -0.4 is 10.6 Å². The van der Waals surface area contributed by atoms with Crippen molar-refractivity contribution in [2.45, 2.75) is 25.4 Å². The summed E-state index contributed by atoms with van der Waals surface area (Å²) in [5.74, 6) is -3.26. The molecule has 4 rings (SSSR count). The van der Waals surface area contributed by atoms with E-state index in [-0.39, 0.29) is 23.8 Å². The maximum Gasteiger partial charge on any atom is 0.313 e. The molecule has 3 fully saturated rings. The Balaban J connectivity index is 2.27. The summed E-state index contributed by atoms with van der Waals surface area (Å²) in [5.41, 5.74) is -0.620. The number of nitrogens with one attached hydrogen (secondary N) is 2. The van der Waals surface area contributed by atoms with Gasteiger partial charge in [-0.15, -0.1) is 0 Å². The number of hydrogen-bond acceptors (Lipinski definition) is 6. The van der Waals surface area contributed by atoms with Crippen molar-refractivity contribution in [3.63, 3.8) is 0 Å². The summed E-state index contributed by atoms with van der Waals surface area (Å²) in [7, 11) is 0. The zero-order chi connectivity index (χ0) is 19.8. The topological polar surface area (TPSA) is 115 Å². The number of rotatable bonds is 3.